The van der Waals surface area contributed by atoms with Gasteiger partial charge in [-0.25, -0.2) is 4.79 Å². The van der Waals surface area contributed by atoms with Gasteiger partial charge >= 0.3 is 11.9 Å². The largest absolute Gasteiger partial charge is 0.481 e. The van der Waals surface area contributed by atoms with Crippen molar-refractivity contribution in [2.24, 2.45) is 5.73 Å². The number of aliphatic carboxylic acids is 2. The van der Waals surface area contributed by atoms with Crippen molar-refractivity contribution in [3.8, 4) is 0 Å². The molecule has 0 aliphatic rings. The Labute approximate surface area is 193 Å². The number of aliphatic hydroxyl groups excluding tert-OH is 1. The number of hydrogen-bond acceptors (Lipinski definition) is 7. The maximum absolute atomic E-state index is 12.8. The minimum Gasteiger partial charge on any atom is -0.481 e. The Morgan fingerprint density at radius 1 is 0.971 bits per heavy atom. The summed E-state index contributed by atoms with van der Waals surface area (Å²) in [4.78, 5) is 62.5. The molecule has 0 bridgehead atoms. The maximum atomic E-state index is 12.8. The van der Waals surface area contributed by atoms with E-state index in [1.165, 1.54) is 6.92 Å². The minimum atomic E-state index is -1.58. The lowest BCUT2D eigenvalue weighted by atomic mass is 10.0. The summed E-state index contributed by atoms with van der Waals surface area (Å²) in [5.41, 5.74) is 6.93. The van der Waals surface area contributed by atoms with Crippen LogP contribution in [0.4, 0.5) is 0 Å². The van der Waals surface area contributed by atoms with Crippen LogP contribution in [-0.2, 0) is 30.4 Å². The highest BCUT2D eigenvalue weighted by Crippen LogP contribution is 2.19. The van der Waals surface area contributed by atoms with Crippen molar-refractivity contribution in [1.29, 1.82) is 0 Å². The molecular formula is C21H27N5O8. The SMILES string of the molecule is CC(NC(=O)C(N)CC(=O)O)C(=O)NC(Cc1c[nH]c2ccccc12)C(=O)NC(CO)C(=O)O. The van der Waals surface area contributed by atoms with Crippen LogP contribution >= 0.6 is 0 Å². The van der Waals surface area contributed by atoms with E-state index >= 15 is 0 Å². The van der Waals surface area contributed by atoms with E-state index in [1.54, 1.807) is 18.3 Å². The van der Waals surface area contributed by atoms with Crippen molar-refractivity contribution >= 4 is 40.6 Å². The zero-order valence-corrected chi connectivity index (χ0v) is 18.3. The van der Waals surface area contributed by atoms with Crippen LogP contribution in [0.5, 0.6) is 0 Å². The van der Waals surface area contributed by atoms with E-state index in [9.17, 15) is 29.1 Å². The summed E-state index contributed by atoms with van der Waals surface area (Å²) in [5.74, 6) is -5.25. The van der Waals surface area contributed by atoms with Crippen molar-refractivity contribution in [2.45, 2.75) is 43.9 Å². The van der Waals surface area contributed by atoms with Gasteiger partial charge in [-0.15, -0.1) is 0 Å². The predicted molar refractivity (Wildman–Crippen MR) is 118 cm³/mol. The first-order chi connectivity index (χ1) is 16.0. The number of carboxylic acids is 2. The van der Waals surface area contributed by atoms with E-state index in [0.717, 1.165) is 10.9 Å². The number of H-pyrrole nitrogens is 1. The number of nitrogens with one attached hydrogen (secondary N) is 4. The lowest BCUT2D eigenvalue weighted by molar-refractivity contribution is -0.143. The van der Waals surface area contributed by atoms with Crippen LogP contribution in [0.2, 0.25) is 0 Å². The summed E-state index contributed by atoms with van der Waals surface area (Å²) < 4.78 is 0. The lowest BCUT2D eigenvalue weighted by Gasteiger charge is -2.23. The third-order valence-electron chi connectivity index (χ3n) is 5.01. The number of para-hydroxylation sites is 1. The van der Waals surface area contributed by atoms with Gasteiger partial charge in [0.15, 0.2) is 0 Å². The van der Waals surface area contributed by atoms with Gasteiger partial charge in [0, 0.05) is 23.5 Å². The topological polar surface area (TPSA) is 224 Å². The zero-order chi connectivity index (χ0) is 25.4. The number of hydrogen-bond donors (Lipinski definition) is 8. The van der Waals surface area contributed by atoms with Gasteiger partial charge in [-0.2, -0.15) is 0 Å². The van der Waals surface area contributed by atoms with Crippen molar-refractivity contribution in [1.82, 2.24) is 20.9 Å². The number of carbonyl (C=O) groups is 5. The van der Waals surface area contributed by atoms with Gasteiger partial charge in [0.1, 0.15) is 18.1 Å². The van der Waals surface area contributed by atoms with E-state index in [2.05, 4.69) is 20.9 Å². The number of benzene rings is 1. The molecular weight excluding hydrogens is 450 g/mol. The summed E-state index contributed by atoms with van der Waals surface area (Å²) >= 11 is 0. The summed E-state index contributed by atoms with van der Waals surface area (Å²) in [5, 5.41) is 34.8. The van der Waals surface area contributed by atoms with Crippen LogP contribution in [0.15, 0.2) is 30.5 Å². The molecule has 2 rings (SSSR count). The van der Waals surface area contributed by atoms with Crippen LogP contribution in [0.3, 0.4) is 0 Å². The van der Waals surface area contributed by atoms with Gasteiger partial charge in [0.2, 0.25) is 17.7 Å². The summed E-state index contributed by atoms with van der Waals surface area (Å²) in [6.45, 7) is 0.456. The summed E-state index contributed by atoms with van der Waals surface area (Å²) in [7, 11) is 0. The third-order valence-corrected chi connectivity index (χ3v) is 5.01. The van der Waals surface area contributed by atoms with Crippen LogP contribution in [0.25, 0.3) is 10.9 Å². The molecule has 0 spiro atoms. The highest BCUT2D eigenvalue weighted by molar-refractivity contribution is 5.95. The van der Waals surface area contributed by atoms with Crippen molar-refractivity contribution in [2.75, 3.05) is 6.61 Å². The molecule has 1 heterocycles. The molecule has 13 nitrogen and oxygen atoms in total. The molecule has 0 saturated carbocycles. The first-order valence-corrected chi connectivity index (χ1v) is 10.3. The quantitative estimate of drug-likeness (QED) is 0.170. The smallest absolute Gasteiger partial charge is 0.328 e. The molecule has 1 aromatic carbocycles. The normalized spacial score (nSPS) is 14.4. The second kappa shape index (κ2) is 11.8. The Kier molecular flexibility index (Phi) is 9.10. The van der Waals surface area contributed by atoms with Crippen LogP contribution in [0, 0.1) is 0 Å². The fourth-order valence-corrected chi connectivity index (χ4v) is 3.15. The fourth-order valence-electron chi connectivity index (χ4n) is 3.15. The third kappa shape index (κ3) is 7.02. The number of aromatic nitrogens is 1. The van der Waals surface area contributed by atoms with Gasteiger partial charge < -0.3 is 42.0 Å². The first-order valence-electron chi connectivity index (χ1n) is 10.3. The molecule has 0 radical (unpaired) electrons. The Morgan fingerprint density at radius 3 is 2.24 bits per heavy atom. The molecule has 0 aliphatic carbocycles. The molecule has 2 aromatic rings. The maximum Gasteiger partial charge on any atom is 0.328 e. The summed E-state index contributed by atoms with van der Waals surface area (Å²) in [6.07, 6.45) is 0.982. The lowest BCUT2D eigenvalue weighted by Crippen LogP contribution is -2.57. The molecule has 34 heavy (non-hydrogen) atoms. The standard InChI is InChI=1S/C21H27N5O8/c1-10(24-19(31)13(22)7-17(28)29)18(30)25-15(20(32)26-16(9-27)21(33)34)6-11-8-23-14-5-3-2-4-12(11)14/h2-5,8,10,13,15-16,23,27H,6-7,9,22H2,1H3,(H,24,31)(H,25,30)(H,26,32)(H,28,29)(H,33,34). The van der Waals surface area contributed by atoms with Crippen LogP contribution in [-0.4, -0.2) is 80.7 Å². The second-order valence-electron chi connectivity index (χ2n) is 7.64. The van der Waals surface area contributed by atoms with Crippen LogP contribution < -0.4 is 21.7 Å². The van der Waals surface area contributed by atoms with Gasteiger partial charge in [0.25, 0.3) is 0 Å². The van der Waals surface area contributed by atoms with Crippen LogP contribution in [0.1, 0.15) is 18.9 Å². The van der Waals surface area contributed by atoms with Crippen molar-refractivity contribution in [3.05, 3.63) is 36.0 Å². The number of carbonyl (C=O) groups excluding carboxylic acids is 3. The molecule has 0 aliphatic heterocycles. The first kappa shape index (κ1) is 26.3. The molecule has 4 unspecified atom stereocenters. The molecule has 0 saturated heterocycles. The Morgan fingerprint density at radius 2 is 1.62 bits per heavy atom. The average molecular weight is 477 g/mol. The number of rotatable bonds is 12. The Hall–Kier alpha value is -3.97. The highest BCUT2D eigenvalue weighted by atomic mass is 16.4. The molecule has 4 atom stereocenters. The predicted octanol–water partition coefficient (Wildman–Crippen LogP) is -1.94. The highest BCUT2D eigenvalue weighted by Gasteiger charge is 2.29. The van der Waals surface area contributed by atoms with E-state index in [0.29, 0.717) is 5.56 Å². The minimum absolute atomic E-state index is 0.0292. The molecule has 13 heteroatoms. The van der Waals surface area contributed by atoms with E-state index in [1.807, 2.05) is 12.1 Å². The number of carboxylic acid groups (broad SMARTS) is 2. The molecule has 3 amide bonds. The molecule has 0 fully saturated rings. The molecule has 184 valence electrons. The average Bonchev–Trinajstić information content (AvgIpc) is 3.18. The number of aromatic amines is 1. The van der Waals surface area contributed by atoms with Crippen molar-refractivity contribution in [3.63, 3.8) is 0 Å². The van der Waals surface area contributed by atoms with Gasteiger partial charge in [-0.3, -0.25) is 19.2 Å². The Bertz CT molecular complexity index is 1070. The van der Waals surface area contributed by atoms with E-state index < -0.39 is 66.9 Å². The number of amides is 3. The number of fused-ring (bicyclic) bond motifs is 1. The van der Waals surface area contributed by atoms with E-state index in [-0.39, 0.29) is 6.42 Å². The van der Waals surface area contributed by atoms with Crippen molar-refractivity contribution < 1.29 is 39.3 Å². The monoisotopic (exact) mass is 477 g/mol. The fraction of sp³-hybridized carbons (Fsp3) is 0.381. The summed E-state index contributed by atoms with van der Waals surface area (Å²) in [6, 6.07) is 1.82. The van der Waals surface area contributed by atoms with Gasteiger partial charge in [-0.1, -0.05) is 18.2 Å². The van der Waals surface area contributed by atoms with Gasteiger partial charge in [0.05, 0.1) is 19.1 Å². The second-order valence-corrected chi connectivity index (χ2v) is 7.64. The molecule has 1 aromatic heterocycles. The number of nitrogens with two attached hydrogens (primary N) is 1. The molecule has 9 N–H and O–H groups in total. The van der Waals surface area contributed by atoms with Gasteiger partial charge in [-0.05, 0) is 18.6 Å². The zero-order valence-electron chi connectivity index (χ0n) is 18.3. The van der Waals surface area contributed by atoms with E-state index in [4.69, 9.17) is 15.9 Å². The number of aliphatic hydroxyl groups is 1. The Balaban J connectivity index is 2.18.